The van der Waals surface area contributed by atoms with Crippen LogP contribution in [0, 0.1) is 0 Å². The van der Waals surface area contributed by atoms with Crippen LogP contribution in [0.5, 0.6) is 5.75 Å². The summed E-state index contributed by atoms with van der Waals surface area (Å²) in [5.74, 6) is 0.0958. The van der Waals surface area contributed by atoms with E-state index < -0.39 is 11.2 Å². The van der Waals surface area contributed by atoms with Crippen molar-refractivity contribution in [3.8, 4) is 5.75 Å². The van der Waals surface area contributed by atoms with Crippen LogP contribution in [0.1, 0.15) is 19.4 Å². The Morgan fingerprint density at radius 3 is 2.62 bits per heavy atom. The molecule has 2 heterocycles. The van der Waals surface area contributed by atoms with Crippen LogP contribution in [-0.2, 0) is 4.79 Å². The SMILES string of the molecule is CC1(C)Oc2ccc3ccc(=O)oc3c2C(=CNO)C1=O. The summed E-state index contributed by atoms with van der Waals surface area (Å²) in [6.45, 7) is 3.27. The zero-order valence-corrected chi connectivity index (χ0v) is 11.5. The van der Waals surface area contributed by atoms with Gasteiger partial charge in [-0.3, -0.25) is 15.5 Å². The maximum atomic E-state index is 12.5. The van der Waals surface area contributed by atoms with Gasteiger partial charge < -0.3 is 9.15 Å². The number of benzene rings is 1. The first-order valence-electron chi connectivity index (χ1n) is 6.35. The van der Waals surface area contributed by atoms with Crippen molar-refractivity contribution in [1.29, 1.82) is 0 Å². The topological polar surface area (TPSA) is 88.8 Å². The van der Waals surface area contributed by atoms with E-state index in [1.54, 1.807) is 32.0 Å². The van der Waals surface area contributed by atoms with Crippen LogP contribution in [0.15, 0.2) is 39.7 Å². The zero-order chi connectivity index (χ0) is 15.2. The Balaban J connectivity index is 2.41. The molecule has 3 rings (SSSR count). The molecule has 108 valence electrons. The maximum absolute atomic E-state index is 12.5. The first-order valence-corrected chi connectivity index (χ1v) is 6.35. The molecule has 1 aliphatic rings. The summed E-state index contributed by atoms with van der Waals surface area (Å²) in [5, 5.41) is 9.61. The van der Waals surface area contributed by atoms with Crippen molar-refractivity contribution in [2.24, 2.45) is 0 Å². The van der Waals surface area contributed by atoms with E-state index in [-0.39, 0.29) is 16.9 Å². The molecule has 6 heteroatoms. The number of hydrogen-bond acceptors (Lipinski definition) is 6. The minimum atomic E-state index is -1.07. The largest absolute Gasteiger partial charge is 0.479 e. The molecule has 2 N–H and O–H groups in total. The third-order valence-corrected chi connectivity index (χ3v) is 3.39. The Kier molecular flexibility index (Phi) is 2.84. The Labute approximate surface area is 119 Å². The highest BCUT2D eigenvalue weighted by Crippen LogP contribution is 2.41. The molecule has 21 heavy (non-hydrogen) atoms. The number of carbonyl (C=O) groups excluding carboxylic acids is 1. The highest BCUT2D eigenvalue weighted by molar-refractivity contribution is 6.28. The van der Waals surface area contributed by atoms with E-state index in [1.807, 2.05) is 5.48 Å². The number of nitrogens with one attached hydrogen (secondary N) is 1. The van der Waals surface area contributed by atoms with E-state index in [0.29, 0.717) is 16.7 Å². The van der Waals surface area contributed by atoms with Gasteiger partial charge in [-0.25, -0.2) is 4.79 Å². The van der Waals surface area contributed by atoms with Crippen LogP contribution in [0.4, 0.5) is 0 Å². The summed E-state index contributed by atoms with van der Waals surface area (Å²) in [6.07, 6.45) is 1.16. The number of rotatable bonds is 1. The number of carbonyl (C=O) groups is 1. The fourth-order valence-electron chi connectivity index (χ4n) is 2.42. The van der Waals surface area contributed by atoms with Crippen LogP contribution >= 0.6 is 0 Å². The smallest absolute Gasteiger partial charge is 0.336 e. The summed E-state index contributed by atoms with van der Waals surface area (Å²) in [6, 6.07) is 6.36. The molecule has 0 amide bonds. The van der Waals surface area contributed by atoms with Crippen LogP contribution in [-0.4, -0.2) is 16.6 Å². The molecule has 0 bridgehead atoms. The van der Waals surface area contributed by atoms with Crippen LogP contribution < -0.4 is 15.8 Å². The third-order valence-electron chi connectivity index (χ3n) is 3.39. The average molecular weight is 287 g/mol. The molecule has 1 aromatic carbocycles. The summed E-state index contributed by atoms with van der Waals surface area (Å²) in [4.78, 5) is 23.9. The second-order valence-electron chi connectivity index (χ2n) is 5.24. The van der Waals surface area contributed by atoms with Gasteiger partial charge in [-0.15, -0.1) is 0 Å². The van der Waals surface area contributed by atoms with Gasteiger partial charge in [0.25, 0.3) is 0 Å². The number of fused-ring (bicyclic) bond motifs is 3. The Hall–Kier alpha value is -2.60. The number of hydrogen-bond donors (Lipinski definition) is 2. The fourth-order valence-corrected chi connectivity index (χ4v) is 2.42. The van der Waals surface area contributed by atoms with Gasteiger partial charge in [0.05, 0.1) is 11.1 Å². The standard InChI is InChI=1S/C15H13NO5/c1-15(2)14(18)9(7-16-19)12-10(21-15)5-3-8-4-6-11(17)20-13(8)12/h3-7,16,19H,1-2H3. The van der Waals surface area contributed by atoms with Gasteiger partial charge in [0, 0.05) is 17.7 Å². The molecular formula is C15H13NO5. The predicted molar refractivity (Wildman–Crippen MR) is 75.1 cm³/mol. The van der Waals surface area contributed by atoms with Crippen LogP contribution in [0.25, 0.3) is 16.5 Å². The lowest BCUT2D eigenvalue weighted by molar-refractivity contribution is -0.126. The first-order chi connectivity index (χ1) is 9.94. The van der Waals surface area contributed by atoms with Gasteiger partial charge in [-0.05, 0) is 32.0 Å². The second-order valence-corrected chi connectivity index (χ2v) is 5.24. The lowest BCUT2D eigenvalue weighted by atomic mass is 9.87. The van der Waals surface area contributed by atoms with E-state index in [1.165, 1.54) is 6.07 Å². The Bertz CT molecular complexity index is 832. The molecule has 0 unspecified atom stereocenters. The minimum absolute atomic E-state index is 0.198. The Morgan fingerprint density at radius 2 is 1.90 bits per heavy atom. The molecule has 0 atom stereocenters. The van der Waals surface area contributed by atoms with Crippen LogP contribution in [0.3, 0.4) is 0 Å². The summed E-state index contributed by atoms with van der Waals surface area (Å²) >= 11 is 0. The molecule has 0 saturated carbocycles. The normalized spacial score (nSPS) is 18.4. The average Bonchev–Trinajstić information content (AvgIpc) is 2.43. The van der Waals surface area contributed by atoms with Gasteiger partial charge in [0.1, 0.15) is 11.3 Å². The van der Waals surface area contributed by atoms with E-state index in [4.69, 9.17) is 14.4 Å². The number of ether oxygens (including phenoxy) is 1. The van der Waals surface area contributed by atoms with Crippen molar-refractivity contribution in [2.45, 2.75) is 19.4 Å². The van der Waals surface area contributed by atoms with E-state index in [0.717, 1.165) is 6.20 Å². The molecule has 1 aromatic heterocycles. The van der Waals surface area contributed by atoms with Crippen molar-refractivity contribution in [3.05, 3.63) is 46.4 Å². The third kappa shape index (κ3) is 2.00. The summed E-state index contributed by atoms with van der Waals surface area (Å²) in [7, 11) is 0. The molecule has 0 radical (unpaired) electrons. The molecule has 0 spiro atoms. The van der Waals surface area contributed by atoms with Crippen molar-refractivity contribution in [3.63, 3.8) is 0 Å². The molecule has 6 nitrogen and oxygen atoms in total. The number of Topliss-reactive ketones (excluding diaryl/α,β-unsaturated/α-hetero) is 1. The summed E-state index contributed by atoms with van der Waals surface area (Å²) < 4.78 is 10.9. The molecule has 0 aliphatic carbocycles. The zero-order valence-electron chi connectivity index (χ0n) is 11.5. The molecule has 0 fully saturated rings. The van der Waals surface area contributed by atoms with E-state index in [2.05, 4.69) is 0 Å². The van der Waals surface area contributed by atoms with Crippen molar-refractivity contribution < 1.29 is 19.2 Å². The summed E-state index contributed by atoms with van der Waals surface area (Å²) in [5.41, 5.74) is 1.08. The second kappa shape index (κ2) is 4.46. The lowest BCUT2D eigenvalue weighted by Gasteiger charge is -2.32. The van der Waals surface area contributed by atoms with E-state index in [9.17, 15) is 9.59 Å². The van der Waals surface area contributed by atoms with Crippen molar-refractivity contribution in [1.82, 2.24) is 5.48 Å². The highest BCUT2D eigenvalue weighted by Gasteiger charge is 2.40. The molecule has 2 aromatic rings. The fraction of sp³-hybridized carbons (Fsp3) is 0.200. The van der Waals surface area contributed by atoms with Crippen LogP contribution in [0.2, 0.25) is 0 Å². The highest BCUT2D eigenvalue weighted by atomic mass is 16.5. The van der Waals surface area contributed by atoms with Gasteiger partial charge in [-0.2, -0.15) is 0 Å². The Morgan fingerprint density at radius 1 is 1.19 bits per heavy atom. The van der Waals surface area contributed by atoms with Gasteiger partial charge >= 0.3 is 5.63 Å². The van der Waals surface area contributed by atoms with Gasteiger partial charge in [-0.1, -0.05) is 0 Å². The molecule has 0 saturated heterocycles. The monoisotopic (exact) mass is 287 g/mol. The number of ketones is 1. The lowest BCUT2D eigenvalue weighted by Crippen LogP contribution is -2.42. The first kappa shape index (κ1) is 13.4. The maximum Gasteiger partial charge on any atom is 0.336 e. The molecular weight excluding hydrogens is 274 g/mol. The van der Waals surface area contributed by atoms with E-state index >= 15 is 0 Å². The van der Waals surface area contributed by atoms with Crippen molar-refractivity contribution in [2.75, 3.05) is 0 Å². The minimum Gasteiger partial charge on any atom is -0.479 e. The molecule has 1 aliphatic heterocycles. The van der Waals surface area contributed by atoms with Gasteiger partial charge in [0.15, 0.2) is 5.60 Å². The quantitative estimate of drug-likeness (QED) is 0.473. The van der Waals surface area contributed by atoms with Crippen molar-refractivity contribution >= 4 is 22.3 Å². The van der Waals surface area contributed by atoms with Gasteiger partial charge in [0.2, 0.25) is 5.78 Å². The predicted octanol–water partition coefficient (Wildman–Crippen LogP) is 1.85. The number of hydroxylamine groups is 1.